The molecule has 0 bridgehead atoms. The minimum atomic E-state index is 0.00308. The first-order chi connectivity index (χ1) is 19.0. The van der Waals surface area contributed by atoms with E-state index >= 15 is 0 Å². The van der Waals surface area contributed by atoms with E-state index in [9.17, 15) is 4.79 Å². The highest BCUT2D eigenvalue weighted by Gasteiger charge is 2.35. The van der Waals surface area contributed by atoms with Gasteiger partial charge in [-0.15, -0.1) is 0 Å². The summed E-state index contributed by atoms with van der Waals surface area (Å²) in [7, 11) is 0. The van der Waals surface area contributed by atoms with Crippen molar-refractivity contribution in [3.63, 3.8) is 0 Å². The zero-order chi connectivity index (χ0) is 27.2. The van der Waals surface area contributed by atoms with Gasteiger partial charge in [-0.3, -0.25) is 4.79 Å². The summed E-state index contributed by atoms with van der Waals surface area (Å²) in [6, 6.07) is 26.9. The highest BCUT2D eigenvalue weighted by Crippen LogP contribution is 2.44. The highest BCUT2D eigenvalue weighted by atomic mass is 35.5. The Kier molecular flexibility index (Phi) is 9.26. The van der Waals surface area contributed by atoms with Crippen LogP contribution in [-0.4, -0.2) is 37.1 Å². The predicted molar refractivity (Wildman–Crippen MR) is 157 cm³/mol. The van der Waals surface area contributed by atoms with E-state index in [1.165, 1.54) is 11.1 Å². The lowest BCUT2D eigenvalue weighted by molar-refractivity contribution is -0.134. The van der Waals surface area contributed by atoms with Crippen molar-refractivity contribution >= 4 is 17.5 Å². The van der Waals surface area contributed by atoms with E-state index in [1.54, 1.807) is 0 Å². The van der Waals surface area contributed by atoms with Crippen LogP contribution in [0.25, 0.3) is 0 Å². The molecule has 2 fully saturated rings. The zero-order valence-electron chi connectivity index (χ0n) is 23.1. The quantitative estimate of drug-likeness (QED) is 0.291. The van der Waals surface area contributed by atoms with Crippen LogP contribution >= 0.6 is 11.6 Å². The molecule has 0 unspecified atom stereocenters. The maximum absolute atomic E-state index is 12.9. The average molecular weight is 546 g/mol. The lowest BCUT2D eigenvalue weighted by Crippen LogP contribution is -2.41. The van der Waals surface area contributed by atoms with Crippen LogP contribution in [0.15, 0.2) is 78.9 Å². The van der Waals surface area contributed by atoms with Crippen molar-refractivity contribution in [2.24, 2.45) is 17.8 Å². The number of halogens is 1. The van der Waals surface area contributed by atoms with Gasteiger partial charge in [-0.2, -0.15) is 0 Å². The van der Waals surface area contributed by atoms with Crippen molar-refractivity contribution in [1.29, 1.82) is 0 Å². The van der Waals surface area contributed by atoms with Crippen LogP contribution in [0.3, 0.4) is 0 Å². The normalized spacial score (nSPS) is 22.2. The van der Waals surface area contributed by atoms with Gasteiger partial charge in [0.1, 0.15) is 5.75 Å². The molecule has 39 heavy (non-hydrogen) atoms. The van der Waals surface area contributed by atoms with Gasteiger partial charge in [0.15, 0.2) is 6.61 Å². The molecule has 0 N–H and O–H groups in total. The molecular weight excluding hydrogens is 506 g/mol. The maximum atomic E-state index is 12.9. The number of amides is 1. The van der Waals surface area contributed by atoms with Crippen LogP contribution in [0.4, 0.5) is 0 Å². The summed E-state index contributed by atoms with van der Waals surface area (Å²) in [4.78, 5) is 14.9. The highest BCUT2D eigenvalue weighted by molar-refractivity contribution is 6.30. The lowest BCUT2D eigenvalue weighted by atomic mass is 9.76. The summed E-state index contributed by atoms with van der Waals surface area (Å²) < 4.78 is 12.5. The summed E-state index contributed by atoms with van der Waals surface area (Å²) in [5.41, 5.74) is 3.74. The fourth-order valence-electron chi connectivity index (χ4n) is 6.17. The van der Waals surface area contributed by atoms with Crippen molar-refractivity contribution in [3.05, 3.63) is 101 Å². The van der Waals surface area contributed by atoms with Gasteiger partial charge in [-0.05, 0) is 84.4 Å². The van der Waals surface area contributed by atoms with Crippen molar-refractivity contribution in [1.82, 2.24) is 4.90 Å². The van der Waals surface area contributed by atoms with Gasteiger partial charge in [0.2, 0.25) is 0 Å². The molecule has 2 heterocycles. The number of ether oxygens (including phenoxy) is 2. The third-order valence-corrected chi connectivity index (χ3v) is 8.72. The van der Waals surface area contributed by atoms with Gasteiger partial charge >= 0.3 is 0 Å². The number of likely N-dealkylation sites (tertiary alicyclic amines) is 1. The molecule has 0 aliphatic carbocycles. The number of carbonyl (C=O) groups is 1. The predicted octanol–water partition coefficient (Wildman–Crippen LogP) is 7.72. The zero-order valence-corrected chi connectivity index (χ0v) is 23.9. The van der Waals surface area contributed by atoms with Gasteiger partial charge in [0.05, 0.1) is 12.7 Å². The molecule has 3 atom stereocenters. The van der Waals surface area contributed by atoms with Crippen LogP contribution in [0.2, 0.25) is 5.02 Å². The first-order valence-corrected chi connectivity index (χ1v) is 14.8. The number of hydrogen-bond donors (Lipinski definition) is 0. The van der Waals surface area contributed by atoms with E-state index in [4.69, 9.17) is 21.1 Å². The molecule has 3 aromatic carbocycles. The molecule has 0 spiro atoms. The Labute approximate surface area is 238 Å². The number of carbonyl (C=O) groups excluding carboxylic acids is 1. The molecular formula is C34H40ClNO3. The molecule has 2 aliphatic heterocycles. The third-order valence-electron chi connectivity index (χ3n) is 8.48. The molecule has 1 amide bonds. The van der Waals surface area contributed by atoms with Crippen molar-refractivity contribution < 1.29 is 14.3 Å². The minimum absolute atomic E-state index is 0.00308. The van der Waals surface area contributed by atoms with Gasteiger partial charge < -0.3 is 14.4 Å². The van der Waals surface area contributed by atoms with Crippen LogP contribution in [0.1, 0.15) is 61.8 Å². The van der Waals surface area contributed by atoms with Gasteiger partial charge in [0, 0.05) is 24.0 Å². The molecule has 4 nitrogen and oxygen atoms in total. The number of piperidine rings is 1. The molecule has 3 aromatic rings. The third kappa shape index (κ3) is 7.23. The summed E-state index contributed by atoms with van der Waals surface area (Å²) >= 11 is 6.26. The van der Waals surface area contributed by atoms with Crippen molar-refractivity contribution in [2.75, 3.05) is 26.3 Å². The maximum Gasteiger partial charge on any atom is 0.260 e. The summed E-state index contributed by atoms with van der Waals surface area (Å²) in [5.74, 6) is 2.60. The van der Waals surface area contributed by atoms with Crippen molar-refractivity contribution in [2.45, 2.75) is 51.6 Å². The molecule has 0 saturated carbocycles. The van der Waals surface area contributed by atoms with Crippen molar-refractivity contribution in [3.8, 4) is 5.75 Å². The molecule has 2 aliphatic rings. The molecule has 0 radical (unpaired) electrons. The molecule has 5 heteroatoms. The number of nitrogens with zero attached hydrogens (tertiary/aromatic N) is 1. The van der Waals surface area contributed by atoms with E-state index in [2.05, 4.69) is 68.4 Å². The van der Waals surface area contributed by atoms with Gasteiger partial charge in [0.25, 0.3) is 5.91 Å². The first kappa shape index (κ1) is 27.7. The molecule has 0 aromatic heterocycles. The topological polar surface area (TPSA) is 38.8 Å². The Morgan fingerprint density at radius 3 is 2.46 bits per heavy atom. The second-order valence-electron chi connectivity index (χ2n) is 11.5. The van der Waals surface area contributed by atoms with E-state index in [-0.39, 0.29) is 18.6 Å². The monoisotopic (exact) mass is 545 g/mol. The Morgan fingerprint density at radius 2 is 1.72 bits per heavy atom. The second kappa shape index (κ2) is 13.0. The second-order valence-corrected chi connectivity index (χ2v) is 12.0. The first-order valence-electron chi connectivity index (χ1n) is 14.4. The fourth-order valence-corrected chi connectivity index (χ4v) is 6.37. The summed E-state index contributed by atoms with van der Waals surface area (Å²) in [5, 5.41) is 0.770. The Morgan fingerprint density at radius 1 is 0.974 bits per heavy atom. The van der Waals surface area contributed by atoms with Gasteiger partial charge in [-0.1, -0.05) is 80.0 Å². The SMILES string of the molecule is CC(C)[C@@H]1C[C@H](c2cccc(Cl)c2)CO[C@H]1c1cccc(OCC(=O)N2CCC(Cc3ccccc3)CC2)c1. The summed E-state index contributed by atoms with van der Waals surface area (Å²) in [6.45, 7) is 6.88. The van der Waals surface area contributed by atoms with E-state index in [0.29, 0.717) is 30.3 Å². The fraction of sp³-hybridized carbons (Fsp3) is 0.441. The number of hydrogen-bond acceptors (Lipinski definition) is 3. The van der Waals surface area contributed by atoms with Crippen LogP contribution < -0.4 is 4.74 Å². The Hall–Kier alpha value is -2.82. The Balaban J connectivity index is 1.15. The number of benzene rings is 3. The van der Waals surface area contributed by atoms with E-state index in [1.807, 2.05) is 29.2 Å². The Bertz CT molecular complexity index is 1220. The summed E-state index contributed by atoms with van der Waals surface area (Å²) in [6.07, 6.45) is 4.23. The van der Waals surface area contributed by atoms with Gasteiger partial charge in [-0.25, -0.2) is 0 Å². The van der Waals surface area contributed by atoms with E-state index in [0.717, 1.165) is 55.1 Å². The average Bonchev–Trinajstić information content (AvgIpc) is 2.96. The van der Waals surface area contributed by atoms with Crippen LogP contribution in [0.5, 0.6) is 5.75 Å². The minimum Gasteiger partial charge on any atom is -0.484 e. The smallest absolute Gasteiger partial charge is 0.260 e. The standard InChI is InChI=1S/C34H40ClNO3/c1-24(2)32-21-29(27-10-6-12-30(35)19-27)22-39-34(32)28-11-7-13-31(20-28)38-23-33(37)36-16-14-26(15-17-36)18-25-8-4-3-5-9-25/h3-13,19-20,24,26,29,32,34H,14-18,21-23H2,1-2H3/t29-,32-,34-/m0/s1. The number of rotatable bonds is 8. The lowest BCUT2D eigenvalue weighted by Gasteiger charge is -2.39. The van der Waals surface area contributed by atoms with E-state index < -0.39 is 0 Å². The largest absolute Gasteiger partial charge is 0.484 e. The van der Waals surface area contributed by atoms with Crippen LogP contribution in [0, 0.1) is 17.8 Å². The molecule has 206 valence electrons. The molecule has 2 saturated heterocycles. The molecule has 5 rings (SSSR count). The van der Waals surface area contributed by atoms with Crippen LogP contribution in [-0.2, 0) is 16.0 Å².